The van der Waals surface area contributed by atoms with Crippen molar-refractivity contribution in [2.75, 3.05) is 51.0 Å². The predicted octanol–water partition coefficient (Wildman–Crippen LogP) is 3.65. The number of benzene rings is 2. The zero-order valence-corrected chi connectivity index (χ0v) is 29.2. The van der Waals surface area contributed by atoms with Gasteiger partial charge in [0, 0.05) is 60.6 Å². The Kier molecular flexibility index (Phi) is 10.2. The first kappa shape index (κ1) is 35.4. The highest BCUT2D eigenvalue weighted by Gasteiger charge is 2.43. The number of esters is 1. The second-order valence-corrected chi connectivity index (χ2v) is 14.7. The van der Waals surface area contributed by atoms with Gasteiger partial charge in [-0.2, -0.15) is 8.42 Å². The van der Waals surface area contributed by atoms with Gasteiger partial charge in [0.2, 0.25) is 0 Å². The quantitative estimate of drug-likeness (QED) is 0.241. The number of rotatable bonds is 10. The van der Waals surface area contributed by atoms with E-state index in [9.17, 15) is 27.2 Å². The molecule has 18 heteroatoms. The van der Waals surface area contributed by atoms with E-state index in [2.05, 4.69) is 19.4 Å². The predicted molar refractivity (Wildman–Crippen MR) is 180 cm³/mol. The molecule has 0 bridgehead atoms. The molecule has 1 aromatic heterocycles. The summed E-state index contributed by atoms with van der Waals surface area (Å²) < 4.78 is 61.1. The Labute approximate surface area is 295 Å². The summed E-state index contributed by atoms with van der Waals surface area (Å²) in [5.41, 5.74) is 1.60. The number of urea groups is 1. The fourth-order valence-electron chi connectivity index (χ4n) is 6.19. The maximum Gasteiger partial charge on any atom is 0.338 e. The average molecular weight is 749 g/mol. The number of amidine groups is 1. The number of thiazole rings is 1. The van der Waals surface area contributed by atoms with E-state index in [-0.39, 0.29) is 54.3 Å². The second-order valence-electron chi connectivity index (χ2n) is 11.8. The first-order valence-corrected chi connectivity index (χ1v) is 18.4. The van der Waals surface area contributed by atoms with Gasteiger partial charge in [-0.25, -0.2) is 23.4 Å². The number of carbonyl (C=O) groups is 3. The van der Waals surface area contributed by atoms with Crippen molar-refractivity contribution in [3.8, 4) is 0 Å². The molecule has 0 saturated carbocycles. The van der Waals surface area contributed by atoms with Crippen LogP contribution in [-0.4, -0.2) is 99.1 Å². The molecule has 0 radical (unpaired) electrons. The molecule has 6 rings (SSSR count). The van der Waals surface area contributed by atoms with E-state index in [0.717, 1.165) is 12.3 Å². The van der Waals surface area contributed by atoms with Crippen LogP contribution >= 0.6 is 22.9 Å². The molecule has 2 fully saturated rings. The van der Waals surface area contributed by atoms with Gasteiger partial charge in [-0.1, -0.05) is 23.7 Å². The van der Waals surface area contributed by atoms with E-state index < -0.39 is 39.7 Å². The van der Waals surface area contributed by atoms with Gasteiger partial charge in [-0.05, 0) is 36.2 Å². The van der Waals surface area contributed by atoms with Crippen molar-refractivity contribution in [3.05, 3.63) is 92.0 Å². The van der Waals surface area contributed by atoms with Gasteiger partial charge in [0.15, 0.2) is 10.8 Å². The molecule has 2 saturated heterocycles. The van der Waals surface area contributed by atoms with Gasteiger partial charge in [0.25, 0.3) is 0 Å². The second kappa shape index (κ2) is 14.4. The molecule has 2 amide bonds. The van der Waals surface area contributed by atoms with Gasteiger partial charge in [0.1, 0.15) is 17.7 Å². The van der Waals surface area contributed by atoms with E-state index in [1.807, 2.05) is 0 Å². The maximum absolute atomic E-state index is 15.3. The molecular formula is C32H31ClF2N6O7S2. The maximum atomic E-state index is 15.3. The summed E-state index contributed by atoms with van der Waals surface area (Å²) in [6.45, 7) is 1.60. The molecule has 2 atom stereocenters. The first-order valence-electron chi connectivity index (χ1n) is 15.3. The molecular weight excluding hydrogens is 718 g/mol. The molecule has 264 valence electrons. The number of piperazine rings is 1. The number of methoxy groups -OCH3 is 1. The Balaban J connectivity index is 1.20. The number of nitrogens with one attached hydrogen (secondary N) is 1. The summed E-state index contributed by atoms with van der Waals surface area (Å²) in [7, 11) is -2.69. The van der Waals surface area contributed by atoms with E-state index in [1.54, 1.807) is 22.5 Å². The van der Waals surface area contributed by atoms with Crippen LogP contribution in [0, 0.1) is 11.6 Å². The van der Waals surface area contributed by atoms with Crippen LogP contribution in [0.15, 0.2) is 64.2 Å². The van der Waals surface area contributed by atoms with Crippen molar-refractivity contribution in [1.29, 1.82) is 0 Å². The van der Waals surface area contributed by atoms with Crippen LogP contribution in [0.4, 0.5) is 19.3 Å². The van der Waals surface area contributed by atoms with Crippen molar-refractivity contribution in [2.24, 2.45) is 4.99 Å². The lowest BCUT2D eigenvalue weighted by atomic mass is 9.95. The molecule has 1 N–H and O–H groups in total. The molecule has 0 unspecified atom stereocenters. The van der Waals surface area contributed by atoms with Crippen LogP contribution in [0.3, 0.4) is 0 Å². The zero-order chi connectivity index (χ0) is 35.7. The topological polar surface area (TPSA) is 151 Å². The number of amides is 2. The van der Waals surface area contributed by atoms with Crippen LogP contribution in [0.1, 0.15) is 28.6 Å². The molecule has 0 aliphatic carbocycles. The van der Waals surface area contributed by atoms with Gasteiger partial charge < -0.3 is 19.1 Å². The van der Waals surface area contributed by atoms with Crippen molar-refractivity contribution in [2.45, 2.75) is 24.9 Å². The number of halogens is 3. The number of carbonyl (C=O) groups excluding carboxylic acids is 3. The van der Waals surface area contributed by atoms with Crippen molar-refractivity contribution >= 4 is 62.5 Å². The van der Waals surface area contributed by atoms with Crippen molar-refractivity contribution in [1.82, 2.24) is 20.1 Å². The first-order chi connectivity index (χ1) is 23.8. The minimum absolute atomic E-state index is 0.0455. The number of hydrogen-bond acceptors (Lipinski definition) is 12. The molecule has 2 aromatic carbocycles. The monoisotopic (exact) mass is 748 g/mol. The molecule has 3 aliphatic rings. The lowest BCUT2D eigenvalue weighted by Crippen LogP contribution is -2.53. The summed E-state index contributed by atoms with van der Waals surface area (Å²) >= 11 is 7.80. The number of anilines is 1. The Bertz CT molecular complexity index is 2010. The number of nitrogens with zero attached hydrogens (tertiary/aromatic N) is 5. The number of ether oxygens (including phenoxy) is 1. The minimum atomic E-state index is -3.95. The normalized spacial score (nSPS) is 19.6. The van der Waals surface area contributed by atoms with Gasteiger partial charge in [0.05, 0.1) is 37.1 Å². The fourth-order valence-corrected chi connectivity index (χ4v) is 7.47. The third-order valence-corrected chi connectivity index (χ3v) is 10.0. The van der Waals surface area contributed by atoms with Crippen molar-refractivity contribution in [3.63, 3.8) is 0 Å². The van der Waals surface area contributed by atoms with E-state index in [1.165, 1.54) is 47.6 Å². The molecule has 0 spiro atoms. The summed E-state index contributed by atoms with van der Waals surface area (Å²) in [4.78, 5) is 52.7. The Hall–Kier alpha value is -4.45. The highest BCUT2D eigenvalue weighted by Crippen LogP contribution is 2.37. The SMILES string of the molecule is COC(=O)C1=C(CN2CCN3C(=O)N(c4ccc(CCC(=O)OS(C)(=O)=O)cc4F)C[C@@H]3C2)NC(c2nccs2)=N[C@H]1c1ccc(F)cc1Cl. The number of fused-ring (bicyclic) bond motifs is 1. The van der Waals surface area contributed by atoms with Crippen LogP contribution in [-0.2, 0) is 35.0 Å². The smallest absolute Gasteiger partial charge is 0.338 e. The number of aliphatic imine (C=N–C) groups is 1. The van der Waals surface area contributed by atoms with Crippen LogP contribution < -0.4 is 10.2 Å². The number of aryl methyl sites for hydroxylation is 1. The Morgan fingerprint density at radius 1 is 1.14 bits per heavy atom. The summed E-state index contributed by atoms with van der Waals surface area (Å²) in [5, 5.41) is 5.71. The van der Waals surface area contributed by atoms with Gasteiger partial charge >= 0.3 is 28.1 Å². The minimum Gasteiger partial charge on any atom is -0.466 e. The lowest BCUT2D eigenvalue weighted by Gasteiger charge is -2.38. The number of aromatic nitrogens is 1. The molecule has 3 aliphatic heterocycles. The van der Waals surface area contributed by atoms with Gasteiger partial charge in [-0.15, -0.1) is 11.3 Å². The lowest BCUT2D eigenvalue weighted by molar-refractivity contribution is -0.136. The molecule has 50 heavy (non-hydrogen) atoms. The average Bonchev–Trinajstić information content (AvgIpc) is 3.71. The summed E-state index contributed by atoms with van der Waals surface area (Å²) in [6.07, 6.45) is 2.17. The molecule has 3 aromatic rings. The fraction of sp³-hybridized carbons (Fsp3) is 0.344. The summed E-state index contributed by atoms with van der Waals surface area (Å²) in [6, 6.07) is 6.54. The van der Waals surface area contributed by atoms with Gasteiger partial charge in [-0.3, -0.25) is 19.6 Å². The Morgan fingerprint density at radius 3 is 2.62 bits per heavy atom. The molecule has 13 nitrogen and oxygen atoms in total. The van der Waals surface area contributed by atoms with Crippen LogP contribution in [0.5, 0.6) is 0 Å². The van der Waals surface area contributed by atoms with E-state index in [0.29, 0.717) is 47.3 Å². The van der Waals surface area contributed by atoms with Crippen LogP contribution in [0.2, 0.25) is 5.02 Å². The third kappa shape index (κ3) is 7.65. The van der Waals surface area contributed by atoms with Crippen molar-refractivity contribution < 1.29 is 40.5 Å². The highest BCUT2D eigenvalue weighted by molar-refractivity contribution is 7.86. The zero-order valence-electron chi connectivity index (χ0n) is 26.8. The largest absolute Gasteiger partial charge is 0.466 e. The molecule has 4 heterocycles. The number of hydrogen-bond donors (Lipinski definition) is 1. The highest BCUT2D eigenvalue weighted by atomic mass is 35.5. The van der Waals surface area contributed by atoms with Crippen LogP contribution in [0.25, 0.3) is 0 Å². The van der Waals surface area contributed by atoms with E-state index in [4.69, 9.17) is 21.3 Å². The summed E-state index contributed by atoms with van der Waals surface area (Å²) in [5.74, 6) is -2.40. The van der Waals surface area contributed by atoms with E-state index >= 15 is 4.39 Å². The third-order valence-electron chi connectivity index (χ3n) is 8.41. The Morgan fingerprint density at radius 2 is 1.94 bits per heavy atom. The standard InChI is InChI=1S/C32H31ClF2N6O7S2/c1-47-31(43)27-24(37-29(30-36-9-12-49-30)38-28(27)21-6-5-19(34)14-22(21)33)17-39-10-11-40-20(15-39)16-41(32(40)44)25-7-3-18(13-23(25)35)4-8-26(42)48-50(2,45)46/h3,5-7,9,12-14,20,28H,4,8,10-11,15-17H2,1-2H3,(H,37,38)/t20-,28-/m0/s1.